The number of aromatic nitrogens is 1. The molecule has 0 unspecified atom stereocenters. The lowest BCUT2D eigenvalue weighted by Gasteiger charge is -2.52. The Hall–Kier alpha value is -5.35. The first-order valence-electron chi connectivity index (χ1n) is 22.2. The molecule has 2 aliphatic heterocycles. The molecule has 334 valence electrons. The van der Waals surface area contributed by atoms with Gasteiger partial charge in [-0.25, -0.2) is 4.79 Å². The van der Waals surface area contributed by atoms with E-state index >= 15 is 0 Å². The third kappa shape index (κ3) is 12.2. The summed E-state index contributed by atoms with van der Waals surface area (Å²) in [5.41, 5.74) is 5.99. The molecule has 3 aliphatic rings. The van der Waals surface area contributed by atoms with E-state index in [2.05, 4.69) is 46.4 Å². The topological polar surface area (TPSA) is 146 Å². The van der Waals surface area contributed by atoms with Crippen molar-refractivity contribution in [1.82, 2.24) is 20.1 Å². The number of carbonyl (C=O) groups is 2. The molecule has 7 rings (SSSR count). The van der Waals surface area contributed by atoms with Crippen LogP contribution in [0.5, 0.6) is 17.2 Å². The Morgan fingerprint density at radius 1 is 0.952 bits per heavy atom. The lowest BCUT2D eigenvalue weighted by atomic mass is 9.60. The maximum absolute atomic E-state index is 12.2. The Morgan fingerprint density at radius 3 is 2.49 bits per heavy atom. The number of ether oxygens (including phenoxy) is 4. The van der Waals surface area contributed by atoms with Crippen LogP contribution in [0.3, 0.4) is 0 Å². The van der Waals surface area contributed by atoms with Crippen molar-refractivity contribution in [3.05, 3.63) is 106 Å². The zero-order valence-corrected chi connectivity index (χ0v) is 37.7. The van der Waals surface area contributed by atoms with Gasteiger partial charge in [0.25, 0.3) is 0 Å². The third-order valence-corrected chi connectivity index (χ3v) is 12.9. The van der Waals surface area contributed by atoms with Crippen LogP contribution in [0.4, 0.5) is 4.79 Å². The van der Waals surface area contributed by atoms with Gasteiger partial charge in [-0.2, -0.15) is 5.26 Å². The number of halogens is 1. The van der Waals surface area contributed by atoms with E-state index in [0.29, 0.717) is 53.6 Å². The first-order chi connectivity index (χ1) is 30.3. The van der Waals surface area contributed by atoms with Crippen LogP contribution >= 0.6 is 11.6 Å². The number of amides is 1. The summed E-state index contributed by atoms with van der Waals surface area (Å²) < 4.78 is 24.4. The average molecular weight is 879 g/mol. The van der Waals surface area contributed by atoms with Crippen molar-refractivity contribution in [1.29, 1.82) is 5.26 Å². The molecule has 1 atom stereocenters. The van der Waals surface area contributed by atoms with Gasteiger partial charge < -0.3 is 34.3 Å². The van der Waals surface area contributed by atoms with Gasteiger partial charge in [-0.3, -0.25) is 14.7 Å². The molecule has 2 N–H and O–H groups in total. The second-order valence-corrected chi connectivity index (χ2v) is 18.8. The predicted molar refractivity (Wildman–Crippen MR) is 242 cm³/mol. The van der Waals surface area contributed by atoms with E-state index in [-0.39, 0.29) is 25.3 Å². The first-order valence-corrected chi connectivity index (χ1v) is 22.6. The number of piperidine rings is 2. The standard InChI is InChI=1S/C50H60ClN5O7/c1-34-38(33-62-46-25-45(61-32-36-22-35(28-52)29-53-30-36)39(24-43(46)51)31-56-18-6-5-14-44(56)47(57)58)11-8-13-42(34)37-10-7-12-41(23-37)60-21-9-17-55-19-15-50(16-20-55)26-40(27-50)54-48(59)63-49(2,3)4/h7-8,10-13,22-25,29-30,40,44H,5-6,9,14-21,26-27,31-33H2,1-4H3,(H,54,59)(H,57,58)/t44-/m0/s1. The van der Waals surface area contributed by atoms with E-state index in [4.69, 9.17) is 30.5 Å². The molecule has 1 aromatic heterocycles. The summed E-state index contributed by atoms with van der Waals surface area (Å²) in [5.74, 6) is 0.966. The zero-order chi connectivity index (χ0) is 44.6. The predicted octanol–water partition coefficient (Wildman–Crippen LogP) is 9.72. The number of rotatable bonds is 16. The van der Waals surface area contributed by atoms with Crippen LogP contribution in [0.2, 0.25) is 5.02 Å². The van der Waals surface area contributed by atoms with Crippen LogP contribution in [-0.4, -0.2) is 82.4 Å². The molecular formula is C50H60ClN5O7. The molecule has 0 bridgehead atoms. The van der Waals surface area contributed by atoms with E-state index in [1.165, 1.54) is 6.20 Å². The van der Waals surface area contributed by atoms with Gasteiger partial charge in [0.2, 0.25) is 0 Å². The summed E-state index contributed by atoms with van der Waals surface area (Å²) in [5, 5.41) is 22.8. The molecule has 3 fully saturated rings. The van der Waals surface area contributed by atoms with Crippen LogP contribution in [0.15, 0.2) is 73.1 Å². The van der Waals surface area contributed by atoms with Crippen molar-refractivity contribution in [3.63, 3.8) is 0 Å². The fraction of sp³-hybridized carbons (Fsp3) is 0.480. The Balaban J connectivity index is 0.935. The lowest BCUT2D eigenvalue weighted by molar-refractivity contribution is -0.144. The molecule has 12 nitrogen and oxygen atoms in total. The molecule has 4 aromatic rings. The number of hydrogen-bond acceptors (Lipinski definition) is 10. The number of alkyl carbamates (subject to hydrolysis) is 1. The SMILES string of the molecule is Cc1c(COc2cc(OCc3cncc(C#N)c3)c(CN3CCCC[C@H]3C(=O)O)cc2Cl)cccc1-c1cccc(OCCCN2CCC3(CC2)CC(NC(=O)OC(C)(C)C)C3)c1. The number of pyridine rings is 1. The summed E-state index contributed by atoms with van der Waals surface area (Å²) in [6, 6.07) is 21.4. The number of carboxylic acids is 1. The molecular weight excluding hydrogens is 818 g/mol. The van der Waals surface area contributed by atoms with Crippen molar-refractivity contribution in [2.45, 2.75) is 117 Å². The highest BCUT2D eigenvalue weighted by Gasteiger charge is 2.46. The smallest absolute Gasteiger partial charge is 0.407 e. The number of likely N-dealkylation sites (tertiary alicyclic amines) is 2. The highest BCUT2D eigenvalue weighted by Crippen LogP contribution is 2.49. The van der Waals surface area contributed by atoms with Crippen LogP contribution in [0.1, 0.15) is 100.0 Å². The molecule has 1 saturated carbocycles. The van der Waals surface area contributed by atoms with Crippen molar-refractivity contribution in [3.8, 4) is 34.4 Å². The summed E-state index contributed by atoms with van der Waals surface area (Å²) >= 11 is 6.88. The first kappa shape index (κ1) is 45.7. The lowest BCUT2D eigenvalue weighted by Crippen LogP contribution is -2.55. The van der Waals surface area contributed by atoms with Gasteiger partial charge in [-0.15, -0.1) is 0 Å². The fourth-order valence-electron chi connectivity index (χ4n) is 9.17. The third-order valence-electron chi connectivity index (χ3n) is 12.6. The number of aliphatic carboxylic acids is 1. The number of nitrogens with zero attached hydrogens (tertiary/aromatic N) is 4. The van der Waals surface area contributed by atoms with Crippen LogP contribution in [-0.2, 0) is 29.3 Å². The molecule has 3 heterocycles. The zero-order valence-electron chi connectivity index (χ0n) is 37.0. The Labute approximate surface area is 376 Å². The molecule has 13 heteroatoms. The van der Waals surface area contributed by atoms with Crippen molar-refractivity contribution >= 4 is 23.7 Å². The van der Waals surface area contributed by atoms with E-state index in [9.17, 15) is 20.0 Å². The van der Waals surface area contributed by atoms with Gasteiger partial charge in [0, 0.05) is 48.7 Å². The number of hydrogen-bond donors (Lipinski definition) is 2. The fourth-order valence-corrected chi connectivity index (χ4v) is 9.41. The second kappa shape index (κ2) is 20.4. The number of nitrogens with one attached hydrogen (secondary N) is 1. The number of benzene rings is 3. The highest BCUT2D eigenvalue weighted by atomic mass is 35.5. The van der Waals surface area contributed by atoms with Crippen LogP contribution in [0.25, 0.3) is 11.1 Å². The average Bonchev–Trinajstić information content (AvgIpc) is 3.24. The van der Waals surface area contributed by atoms with E-state index < -0.39 is 17.6 Å². The Kier molecular flexibility index (Phi) is 14.8. The number of carbonyl (C=O) groups excluding carboxylic acids is 1. The molecule has 1 spiro atoms. The van der Waals surface area contributed by atoms with Crippen LogP contribution < -0.4 is 19.5 Å². The Bertz CT molecular complexity index is 2270. The summed E-state index contributed by atoms with van der Waals surface area (Å²) in [7, 11) is 0. The minimum atomic E-state index is -0.835. The minimum Gasteiger partial charge on any atom is -0.494 e. The maximum atomic E-state index is 12.2. The number of carboxylic acid groups (broad SMARTS) is 1. The van der Waals surface area contributed by atoms with Gasteiger partial charge in [-0.1, -0.05) is 48.4 Å². The van der Waals surface area contributed by atoms with Crippen molar-refractivity contribution < 1.29 is 33.6 Å². The van der Waals surface area contributed by atoms with E-state index in [0.717, 1.165) is 104 Å². The van der Waals surface area contributed by atoms with Gasteiger partial charge >= 0.3 is 12.1 Å². The summed E-state index contributed by atoms with van der Waals surface area (Å²) in [6.07, 6.45) is 10.5. The van der Waals surface area contributed by atoms with Crippen LogP contribution in [0, 0.1) is 23.7 Å². The normalized spacial score (nSPS) is 17.9. The summed E-state index contributed by atoms with van der Waals surface area (Å²) in [6.45, 7) is 13.0. The Morgan fingerprint density at radius 2 is 1.73 bits per heavy atom. The second-order valence-electron chi connectivity index (χ2n) is 18.4. The summed E-state index contributed by atoms with van der Waals surface area (Å²) in [4.78, 5) is 33.0. The van der Waals surface area contributed by atoms with Gasteiger partial charge in [-0.05, 0) is 144 Å². The van der Waals surface area contributed by atoms with Gasteiger partial charge in [0.1, 0.15) is 48.2 Å². The molecule has 2 saturated heterocycles. The largest absolute Gasteiger partial charge is 0.494 e. The van der Waals surface area contributed by atoms with Gasteiger partial charge in [0.15, 0.2) is 0 Å². The monoisotopic (exact) mass is 877 g/mol. The van der Waals surface area contributed by atoms with Crippen molar-refractivity contribution in [2.24, 2.45) is 5.41 Å². The van der Waals surface area contributed by atoms with E-state index in [1.807, 2.05) is 49.9 Å². The molecule has 0 radical (unpaired) electrons. The maximum Gasteiger partial charge on any atom is 0.407 e. The molecule has 1 amide bonds. The molecule has 3 aromatic carbocycles. The molecule has 63 heavy (non-hydrogen) atoms. The highest BCUT2D eigenvalue weighted by molar-refractivity contribution is 6.32. The molecule has 1 aliphatic carbocycles. The van der Waals surface area contributed by atoms with Gasteiger partial charge in [0.05, 0.1) is 17.2 Å². The quantitative estimate of drug-likeness (QED) is 0.104. The minimum absolute atomic E-state index is 0.154. The number of nitriles is 1. The van der Waals surface area contributed by atoms with Crippen molar-refractivity contribution in [2.75, 3.05) is 32.8 Å². The van der Waals surface area contributed by atoms with E-state index in [1.54, 1.807) is 24.4 Å².